The molecule has 0 aromatic rings. The van der Waals surface area contributed by atoms with Gasteiger partial charge in [0.2, 0.25) is 5.91 Å². The Morgan fingerprint density at radius 2 is 0.767 bits per heavy atom. The lowest BCUT2D eigenvalue weighted by molar-refractivity contribution is -0.149. The molecule has 0 aliphatic heterocycles. The molecule has 1 amide bonds. The van der Waals surface area contributed by atoms with Gasteiger partial charge in [-0.15, -0.1) is 0 Å². The van der Waals surface area contributed by atoms with Crippen molar-refractivity contribution in [2.75, 3.05) is 6.54 Å². The summed E-state index contributed by atoms with van der Waals surface area (Å²) >= 11 is 0. The van der Waals surface area contributed by atoms with E-state index in [0.29, 0.717) is 19.4 Å². The molecule has 0 radical (unpaired) electrons. The lowest BCUT2D eigenvalue weighted by Gasteiger charge is -2.24. The SMILES string of the molecule is CCCCCCCCCCCCCCCCCC(=O)NCCCCC(C)(CCCCCCCCCCCCCC)C(=O)O. The van der Waals surface area contributed by atoms with Gasteiger partial charge in [-0.3, -0.25) is 9.59 Å². The third-order valence-corrected chi connectivity index (χ3v) is 9.58. The molecule has 256 valence electrons. The van der Waals surface area contributed by atoms with E-state index in [-0.39, 0.29) is 5.91 Å². The highest BCUT2D eigenvalue weighted by atomic mass is 16.4. The quantitative estimate of drug-likeness (QED) is 0.0704. The van der Waals surface area contributed by atoms with Crippen LogP contribution in [0.25, 0.3) is 0 Å². The molecule has 0 saturated carbocycles. The Kier molecular flexibility index (Phi) is 31.5. The molecule has 0 aliphatic rings. The fraction of sp³-hybridized carbons (Fsp3) is 0.949. The van der Waals surface area contributed by atoms with Crippen LogP contribution in [0.2, 0.25) is 0 Å². The molecule has 2 N–H and O–H groups in total. The zero-order chi connectivity index (χ0) is 31.7. The largest absolute Gasteiger partial charge is 0.481 e. The zero-order valence-corrected chi connectivity index (χ0v) is 29.6. The summed E-state index contributed by atoms with van der Waals surface area (Å²) in [6.07, 6.45) is 39.5. The first-order valence-corrected chi connectivity index (χ1v) is 19.5. The summed E-state index contributed by atoms with van der Waals surface area (Å²) in [6.45, 7) is 7.14. The number of amides is 1. The molecule has 43 heavy (non-hydrogen) atoms. The van der Waals surface area contributed by atoms with E-state index in [1.54, 1.807) is 0 Å². The Bertz CT molecular complexity index is 607. The molecule has 0 aromatic heterocycles. The van der Waals surface area contributed by atoms with Gasteiger partial charge in [0.1, 0.15) is 0 Å². The molecule has 0 fully saturated rings. The fourth-order valence-electron chi connectivity index (χ4n) is 6.31. The summed E-state index contributed by atoms with van der Waals surface area (Å²) in [7, 11) is 0. The molecule has 1 atom stereocenters. The van der Waals surface area contributed by atoms with Crippen molar-refractivity contribution < 1.29 is 14.7 Å². The molecular formula is C39H77NO3. The molecule has 0 rings (SSSR count). The van der Waals surface area contributed by atoms with Gasteiger partial charge in [0, 0.05) is 13.0 Å². The second kappa shape index (κ2) is 32.3. The predicted octanol–water partition coefficient (Wildman–Crippen LogP) is 12.7. The van der Waals surface area contributed by atoms with Gasteiger partial charge in [0.15, 0.2) is 0 Å². The van der Waals surface area contributed by atoms with Crippen LogP contribution in [0.5, 0.6) is 0 Å². The fourth-order valence-corrected chi connectivity index (χ4v) is 6.31. The smallest absolute Gasteiger partial charge is 0.309 e. The summed E-state index contributed by atoms with van der Waals surface area (Å²) in [5.41, 5.74) is -0.629. The highest BCUT2D eigenvalue weighted by Crippen LogP contribution is 2.31. The van der Waals surface area contributed by atoms with Crippen LogP contribution in [0.4, 0.5) is 0 Å². The van der Waals surface area contributed by atoms with Crippen LogP contribution in [0.15, 0.2) is 0 Å². The highest BCUT2D eigenvalue weighted by Gasteiger charge is 2.31. The van der Waals surface area contributed by atoms with Gasteiger partial charge in [-0.25, -0.2) is 0 Å². The van der Waals surface area contributed by atoms with E-state index in [9.17, 15) is 14.7 Å². The van der Waals surface area contributed by atoms with Gasteiger partial charge < -0.3 is 10.4 Å². The molecule has 1 unspecified atom stereocenters. The monoisotopic (exact) mass is 608 g/mol. The van der Waals surface area contributed by atoms with Crippen LogP contribution in [-0.4, -0.2) is 23.5 Å². The van der Waals surface area contributed by atoms with E-state index in [1.807, 2.05) is 6.92 Å². The van der Waals surface area contributed by atoms with Crippen molar-refractivity contribution in [3.8, 4) is 0 Å². The van der Waals surface area contributed by atoms with Gasteiger partial charge in [0.25, 0.3) is 0 Å². The minimum atomic E-state index is -0.659. The Balaban J connectivity index is 3.59. The van der Waals surface area contributed by atoms with Gasteiger partial charge in [-0.2, -0.15) is 0 Å². The first-order chi connectivity index (χ1) is 21.0. The van der Waals surface area contributed by atoms with Crippen LogP contribution in [0, 0.1) is 5.41 Å². The molecule has 0 aromatic carbocycles. The average Bonchev–Trinajstić information content (AvgIpc) is 2.99. The number of unbranched alkanes of at least 4 members (excludes halogenated alkanes) is 26. The number of rotatable bonds is 35. The number of carboxylic acids is 1. The van der Waals surface area contributed by atoms with Crippen molar-refractivity contribution in [1.82, 2.24) is 5.32 Å². The van der Waals surface area contributed by atoms with Crippen molar-refractivity contribution in [3.05, 3.63) is 0 Å². The summed E-state index contributed by atoms with van der Waals surface area (Å²) < 4.78 is 0. The third-order valence-electron chi connectivity index (χ3n) is 9.58. The van der Waals surface area contributed by atoms with Gasteiger partial charge in [-0.1, -0.05) is 187 Å². The molecule has 0 aliphatic carbocycles. The molecule has 0 bridgehead atoms. The molecular weight excluding hydrogens is 530 g/mol. The predicted molar refractivity (Wildman–Crippen MR) is 188 cm³/mol. The Morgan fingerprint density at radius 1 is 0.465 bits per heavy atom. The maximum atomic E-state index is 12.2. The summed E-state index contributed by atoms with van der Waals surface area (Å²) in [4.78, 5) is 24.2. The molecule has 0 heterocycles. The number of aliphatic carboxylic acids is 1. The lowest BCUT2D eigenvalue weighted by Crippen LogP contribution is -2.28. The molecule has 4 heteroatoms. The van der Waals surface area contributed by atoms with E-state index in [0.717, 1.165) is 44.9 Å². The maximum absolute atomic E-state index is 12.2. The number of nitrogens with one attached hydrogen (secondary N) is 1. The topological polar surface area (TPSA) is 66.4 Å². The normalized spacial score (nSPS) is 12.8. The van der Waals surface area contributed by atoms with Crippen LogP contribution < -0.4 is 5.32 Å². The summed E-state index contributed by atoms with van der Waals surface area (Å²) in [6, 6.07) is 0. The van der Waals surface area contributed by atoms with E-state index in [1.165, 1.54) is 148 Å². The molecule has 0 spiro atoms. The number of hydrogen-bond donors (Lipinski definition) is 2. The Labute approximate surface area is 269 Å². The van der Waals surface area contributed by atoms with E-state index < -0.39 is 11.4 Å². The van der Waals surface area contributed by atoms with Gasteiger partial charge in [0.05, 0.1) is 5.41 Å². The third kappa shape index (κ3) is 29.4. The van der Waals surface area contributed by atoms with Crippen molar-refractivity contribution >= 4 is 11.9 Å². The number of hydrogen-bond acceptors (Lipinski definition) is 2. The van der Waals surface area contributed by atoms with E-state index in [2.05, 4.69) is 19.2 Å². The number of carboxylic acid groups (broad SMARTS) is 1. The van der Waals surface area contributed by atoms with E-state index in [4.69, 9.17) is 0 Å². The lowest BCUT2D eigenvalue weighted by atomic mass is 9.80. The maximum Gasteiger partial charge on any atom is 0.309 e. The standard InChI is InChI=1S/C39H77NO3/c1-4-6-8-10-12-14-16-18-19-20-21-23-25-27-29-33-37(41)40-36-32-31-35-39(3,38(42)43)34-30-28-26-24-22-17-15-13-11-9-7-5-2/h4-36H2,1-3H3,(H,40,41)(H,42,43). The minimum absolute atomic E-state index is 0.159. The molecule has 0 saturated heterocycles. The van der Waals surface area contributed by atoms with Crippen molar-refractivity contribution in [2.24, 2.45) is 5.41 Å². The molecule has 4 nitrogen and oxygen atoms in total. The van der Waals surface area contributed by atoms with Gasteiger partial charge >= 0.3 is 5.97 Å². The first-order valence-electron chi connectivity index (χ1n) is 19.5. The van der Waals surface area contributed by atoms with Crippen molar-refractivity contribution in [2.45, 2.75) is 226 Å². The average molecular weight is 608 g/mol. The highest BCUT2D eigenvalue weighted by molar-refractivity contribution is 5.75. The zero-order valence-electron chi connectivity index (χ0n) is 29.6. The van der Waals surface area contributed by atoms with Crippen molar-refractivity contribution in [1.29, 1.82) is 0 Å². The minimum Gasteiger partial charge on any atom is -0.481 e. The summed E-state index contributed by atoms with van der Waals surface area (Å²) in [5.74, 6) is -0.500. The van der Waals surface area contributed by atoms with Crippen LogP contribution in [0.1, 0.15) is 226 Å². The Hall–Kier alpha value is -1.06. The van der Waals surface area contributed by atoms with Crippen LogP contribution >= 0.6 is 0 Å². The van der Waals surface area contributed by atoms with Crippen molar-refractivity contribution in [3.63, 3.8) is 0 Å². The first kappa shape index (κ1) is 41.9. The second-order valence-corrected chi connectivity index (χ2v) is 14.0. The number of carbonyl (C=O) groups is 2. The van der Waals surface area contributed by atoms with Gasteiger partial charge in [-0.05, 0) is 32.6 Å². The van der Waals surface area contributed by atoms with Crippen LogP contribution in [-0.2, 0) is 9.59 Å². The number of carbonyl (C=O) groups excluding carboxylic acids is 1. The Morgan fingerprint density at radius 3 is 1.12 bits per heavy atom. The second-order valence-electron chi connectivity index (χ2n) is 14.0. The van der Waals surface area contributed by atoms with Crippen LogP contribution in [0.3, 0.4) is 0 Å². The summed E-state index contributed by atoms with van der Waals surface area (Å²) in [5, 5.41) is 12.9. The van der Waals surface area contributed by atoms with E-state index >= 15 is 0 Å².